The Morgan fingerprint density at radius 1 is 0.917 bits per heavy atom. The Morgan fingerprint density at radius 3 is 2.17 bits per heavy atom. The maximum absolute atomic E-state index is 13.6. The second kappa shape index (κ2) is 13.7. The molecule has 2 amide bonds. The number of hydrogen-bond donors (Lipinski definition) is 1. The molecule has 1 atom stereocenters. The summed E-state index contributed by atoms with van der Waals surface area (Å²) in [7, 11) is 1.62. The zero-order valence-electron chi connectivity index (χ0n) is 20.9. The van der Waals surface area contributed by atoms with Crippen LogP contribution in [-0.2, 0) is 28.3 Å². The molecule has 5 nitrogen and oxygen atoms in total. The highest BCUT2D eigenvalue weighted by atomic mass is 32.2. The van der Waals surface area contributed by atoms with Crippen molar-refractivity contribution in [3.05, 3.63) is 101 Å². The van der Waals surface area contributed by atoms with E-state index in [2.05, 4.69) is 5.32 Å². The fourth-order valence-electron chi connectivity index (χ4n) is 3.78. The number of amides is 2. The van der Waals surface area contributed by atoms with Gasteiger partial charge in [-0.05, 0) is 54.8 Å². The highest BCUT2D eigenvalue weighted by Crippen LogP contribution is 2.20. The van der Waals surface area contributed by atoms with Gasteiger partial charge in [0.2, 0.25) is 11.8 Å². The molecule has 0 aliphatic rings. The minimum Gasteiger partial charge on any atom is -0.497 e. The van der Waals surface area contributed by atoms with Crippen molar-refractivity contribution in [1.82, 2.24) is 10.2 Å². The van der Waals surface area contributed by atoms with Crippen LogP contribution in [0.3, 0.4) is 0 Å². The molecule has 0 radical (unpaired) electrons. The van der Waals surface area contributed by atoms with E-state index in [1.807, 2.05) is 68.4 Å². The first kappa shape index (κ1) is 27.3. The van der Waals surface area contributed by atoms with Crippen LogP contribution in [0.1, 0.15) is 30.5 Å². The van der Waals surface area contributed by atoms with Crippen molar-refractivity contribution in [2.24, 2.45) is 0 Å². The molecule has 0 saturated heterocycles. The first-order chi connectivity index (χ1) is 17.4. The summed E-state index contributed by atoms with van der Waals surface area (Å²) in [6.45, 7) is 4.01. The van der Waals surface area contributed by atoms with Crippen molar-refractivity contribution < 1.29 is 18.7 Å². The van der Waals surface area contributed by atoms with E-state index in [1.54, 1.807) is 24.1 Å². The number of carbonyl (C=O) groups excluding carboxylic acids is 2. The Labute approximate surface area is 217 Å². The van der Waals surface area contributed by atoms with Crippen molar-refractivity contribution in [2.75, 3.05) is 12.9 Å². The number of halogens is 1. The van der Waals surface area contributed by atoms with Crippen LogP contribution in [0.15, 0.2) is 78.9 Å². The molecule has 0 heterocycles. The summed E-state index contributed by atoms with van der Waals surface area (Å²) in [5, 5.41) is 2.97. The third-order valence-electron chi connectivity index (χ3n) is 5.62. The Balaban J connectivity index is 1.81. The SMILES string of the molecule is COc1ccc(CSCC(=O)N(Cc2ccc(F)cc2)C(Cc2ccccc2)C(=O)NC(C)C)cc1. The lowest BCUT2D eigenvalue weighted by Crippen LogP contribution is -2.52. The number of thioether (sulfide) groups is 1. The van der Waals surface area contributed by atoms with E-state index >= 15 is 0 Å². The third kappa shape index (κ3) is 8.41. The zero-order valence-corrected chi connectivity index (χ0v) is 21.8. The Kier molecular flexibility index (Phi) is 10.4. The Hall–Kier alpha value is -3.32. The molecule has 3 rings (SSSR count). The van der Waals surface area contributed by atoms with Gasteiger partial charge in [-0.3, -0.25) is 9.59 Å². The molecule has 0 spiro atoms. The monoisotopic (exact) mass is 508 g/mol. The second-order valence-electron chi connectivity index (χ2n) is 8.86. The molecule has 0 aromatic heterocycles. The highest BCUT2D eigenvalue weighted by Gasteiger charge is 2.30. The lowest BCUT2D eigenvalue weighted by Gasteiger charge is -2.32. The van der Waals surface area contributed by atoms with Crippen LogP contribution in [0.25, 0.3) is 0 Å². The van der Waals surface area contributed by atoms with Gasteiger partial charge < -0.3 is 15.0 Å². The number of ether oxygens (including phenoxy) is 1. The molecule has 7 heteroatoms. The second-order valence-corrected chi connectivity index (χ2v) is 9.84. The van der Waals surface area contributed by atoms with Gasteiger partial charge in [0.25, 0.3) is 0 Å². The first-order valence-electron chi connectivity index (χ1n) is 11.9. The van der Waals surface area contributed by atoms with Gasteiger partial charge in [-0.2, -0.15) is 0 Å². The van der Waals surface area contributed by atoms with Crippen LogP contribution in [0, 0.1) is 5.82 Å². The van der Waals surface area contributed by atoms with Gasteiger partial charge in [0, 0.05) is 24.8 Å². The number of rotatable bonds is 12. The number of nitrogens with zero attached hydrogens (tertiary/aromatic N) is 1. The average Bonchev–Trinajstić information content (AvgIpc) is 2.87. The predicted molar refractivity (Wildman–Crippen MR) is 143 cm³/mol. The van der Waals surface area contributed by atoms with Crippen LogP contribution in [0.5, 0.6) is 5.75 Å². The summed E-state index contributed by atoms with van der Waals surface area (Å²) in [6, 6.07) is 22.7. The van der Waals surface area contributed by atoms with Crippen molar-refractivity contribution in [2.45, 2.75) is 44.6 Å². The normalized spacial score (nSPS) is 11.7. The largest absolute Gasteiger partial charge is 0.497 e. The van der Waals surface area contributed by atoms with Crippen LogP contribution in [0.4, 0.5) is 4.39 Å². The van der Waals surface area contributed by atoms with Crippen LogP contribution in [-0.4, -0.2) is 41.7 Å². The number of nitrogens with one attached hydrogen (secondary N) is 1. The quantitative estimate of drug-likeness (QED) is 0.364. The van der Waals surface area contributed by atoms with Crippen LogP contribution < -0.4 is 10.1 Å². The molecular weight excluding hydrogens is 475 g/mol. The molecule has 0 aliphatic heterocycles. The van der Waals surface area contributed by atoms with E-state index in [0.29, 0.717) is 12.2 Å². The van der Waals surface area contributed by atoms with Crippen molar-refractivity contribution in [1.29, 1.82) is 0 Å². The fourth-order valence-corrected chi connectivity index (χ4v) is 4.65. The van der Waals surface area contributed by atoms with Crippen molar-refractivity contribution in [3.8, 4) is 5.75 Å². The van der Waals surface area contributed by atoms with Crippen LogP contribution in [0.2, 0.25) is 0 Å². The molecule has 0 bridgehead atoms. The number of carbonyl (C=O) groups is 2. The number of hydrogen-bond acceptors (Lipinski definition) is 4. The van der Waals surface area contributed by atoms with Gasteiger partial charge in [0.05, 0.1) is 12.9 Å². The molecule has 0 saturated carbocycles. The Bertz CT molecular complexity index is 1110. The molecule has 36 heavy (non-hydrogen) atoms. The minimum atomic E-state index is -0.700. The van der Waals surface area contributed by atoms with Gasteiger partial charge in [0.1, 0.15) is 17.6 Å². The summed E-state index contributed by atoms with van der Waals surface area (Å²) >= 11 is 1.49. The minimum absolute atomic E-state index is 0.0667. The molecule has 0 aliphatic carbocycles. The van der Waals surface area contributed by atoms with Gasteiger partial charge in [0.15, 0.2) is 0 Å². The molecule has 190 valence electrons. The van der Waals surface area contributed by atoms with Crippen molar-refractivity contribution in [3.63, 3.8) is 0 Å². The van der Waals surface area contributed by atoms with Gasteiger partial charge in [-0.15, -0.1) is 11.8 Å². The average molecular weight is 509 g/mol. The molecule has 1 unspecified atom stereocenters. The molecule has 3 aromatic carbocycles. The van der Waals surface area contributed by atoms with E-state index in [9.17, 15) is 14.0 Å². The Morgan fingerprint density at radius 2 is 1.56 bits per heavy atom. The summed E-state index contributed by atoms with van der Waals surface area (Å²) in [6.07, 6.45) is 0.384. The topological polar surface area (TPSA) is 58.6 Å². The van der Waals surface area contributed by atoms with Gasteiger partial charge in [-0.25, -0.2) is 4.39 Å². The van der Waals surface area contributed by atoms with Gasteiger partial charge >= 0.3 is 0 Å². The summed E-state index contributed by atoms with van der Waals surface area (Å²) in [5.41, 5.74) is 2.81. The smallest absolute Gasteiger partial charge is 0.243 e. The standard InChI is InChI=1S/C29H33FN2O3S/c1-21(2)31-29(34)27(17-22-7-5-4-6-8-22)32(18-23-9-13-25(30)14-10-23)28(33)20-36-19-24-11-15-26(35-3)16-12-24/h4-16,21,27H,17-20H2,1-3H3,(H,31,34). The summed E-state index contributed by atoms with van der Waals surface area (Å²) < 4.78 is 18.7. The predicted octanol–water partition coefficient (Wildman–Crippen LogP) is 5.23. The highest BCUT2D eigenvalue weighted by molar-refractivity contribution is 7.99. The summed E-state index contributed by atoms with van der Waals surface area (Å²) in [4.78, 5) is 28.5. The summed E-state index contributed by atoms with van der Waals surface area (Å²) in [5.74, 6) is 0.965. The number of benzene rings is 3. The maximum atomic E-state index is 13.6. The number of methoxy groups -OCH3 is 1. The molecule has 3 aromatic rings. The van der Waals surface area contributed by atoms with E-state index in [4.69, 9.17) is 4.74 Å². The first-order valence-corrected chi connectivity index (χ1v) is 13.1. The van der Waals surface area contributed by atoms with E-state index in [1.165, 1.54) is 23.9 Å². The zero-order chi connectivity index (χ0) is 25.9. The fraction of sp³-hybridized carbons (Fsp3) is 0.310. The lowest BCUT2D eigenvalue weighted by molar-refractivity contribution is -0.139. The van der Waals surface area contributed by atoms with E-state index < -0.39 is 6.04 Å². The lowest BCUT2D eigenvalue weighted by atomic mass is 10.0. The van der Waals surface area contributed by atoms with Crippen molar-refractivity contribution >= 4 is 23.6 Å². The van der Waals surface area contributed by atoms with Gasteiger partial charge in [-0.1, -0.05) is 54.6 Å². The maximum Gasteiger partial charge on any atom is 0.243 e. The molecule has 1 N–H and O–H groups in total. The third-order valence-corrected chi connectivity index (χ3v) is 6.61. The molecule has 0 fully saturated rings. The van der Waals surface area contributed by atoms with Crippen LogP contribution >= 0.6 is 11.8 Å². The van der Waals surface area contributed by atoms with E-state index in [0.717, 1.165) is 22.4 Å². The molecular formula is C29H33FN2O3S. The van der Waals surface area contributed by atoms with E-state index in [-0.39, 0.29) is 36.0 Å².